The molecule has 2 heterocycles. The first-order valence-electron chi connectivity index (χ1n) is 4.42. The summed E-state index contributed by atoms with van der Waals surface area (Å²) in [6.45, 7) is 3.56. The molecular formula is C8H13N3O2. The molecule has 0 aromatic carbocycles. The Morgan fingerprint density at radius 2 is 2.69 bits per heavy atom. The molecule has 1 saturated heterocycles. The van der Waals surface area contributed by atoms with Gasteiger partial charge in [-0.25, -0.2) is 0 Å². The predicted octanol–water partition coefficient (Wildman–Crippen LogP) is 0.151. The summed E-state index contributed by atoms with van der Waals surface area (Å²) in [7, 11) is 0. The van der Waals surface area contributed by atoms with E-state index in [-0.39, 0.29) is 6.10 Å². The van der Waals surface area contributed by atoms with Gasteiger partial charge in [-0.2, -0.15) is 15.4 Å². The number of nitrogens with zero attached hydrogens (tertiary/aromatic N) is 2. The lowest BCUT2D eigenvalue weighted by Crippen LogP contribution is -2.15. The Morgan fingerprint density at radius 3 is 3.31 bits per heavy atom. The largest absolute Gasteiger partial charge is 0.375 e. The summed E-state index contributed by atoms with van der Waals surface area (Å²) in [6.07, 6.45) is 3.02. The Labute approximate surface area is 76.4 Å². The second kappa shape index (κ2) is 3.85. The summed E-state index contributed by atoms with van der Waals surface area (Å²) in [6, 6.07) is 0. The van der Waals surface area contributed by atoms with E-state index in [1.54, 1.807) is 6.20 Å². The summed E-state index contributed by atoms with van der Waals surface area (Å²) in [5, 5.41) is 10.3. The smallest absolute Gasteiger partial charge is 0.104 e. The van der Waals surface area contributed by atoms with Crippen LogP contribution in [0.5, 0.6) is 0 Å². The monoisotopic (exact) mass is 183 g/mol. The van der Waals surface area contributed by atoms with Crippen LogP contribution >= 0.6 is 0 Å². The van der Waals surface area contributed by atoms with Crippen molar-refractivity contribution in [3.63, 3.8) is 0 Å². The first-order valence-corrected chi connectivity index (χ1v) is 4.42. The topological polar surface area (TPSA) is 63.3 Å². The highest BCUT2D eigenvalue weighted by Crippen LogP contribution is 2.10. The number of aromatic nitrogens is 3. The highest BCUT2D eigenvalue weighted by molar-refractivity contribution is 4.92. The average Bonchev–Trinajstić information content (AvgIpc) is 2.82. The van der Waals surface area contributed by atoms with Crippen molar-refractivity contribution in [1.29, 1.82) is 0 Å². The zero-order valence-electron chi connectivity index (χ0n) is 7.56. The average molecular weight is 183 g/mol. The molecule has 1 N–H and O–H groups in total. The van der Waals surface area contributed by atoms with Gasteiger partial charge in [0.05, 0.1) is 31.2 Å². The quantitative estimate of drug-likeness (QED) is 0.660. The van der Waals surface area contributed by atoms with E-state index in [4.69, 9.17) is 9.47 Å². The third-order valence-corrected chi connectivity index (χ3v) is 1.93. The van der Waals surface area contributed by atoms with Gasteiger partial charge in [0.1, 0.15) is 6.10 Å². The molecule has 72 valence electrons. The summed E-state index contributed by atoms with van der Waals surface area (Å²) in [5.41, 5.74) is 0.934. The van der Waals surface area contributed by atoms with Gasteiger partial charge >= 0.3 is 0 Å². The number of nitrogens with one attached hydrogen (secondary N) is 1. The van der Waals surface area contributed by atoms with Gasteiger partial charge in [-0.05, 0) is 6.92 Å². The predicted molar refractivity (Wildman–Crippen MR) is 45.2 cm³/mol. The van der Waals surface area contributed by atoms with Crippen LogP contribution in [-0.4, -0.2) is 40.8 Å². The highest BCUT2D eigenvalue weighted by atomic mass is 16.6. The summed E-state index contributed by atoms with van der Waals surface area (Å²) < 4.78 is 10.6. The maximum atomic E-state index is 5.53. The van der Waals surface area contributed by atoms with E-state index in [1.165, 1.54) is 0 Å². The van der Waals surface area contributed by atoms with Crippen LogP contribution in [0.25, 0.3) is 0 Å². The molecule has 1 aliphatic heterocycles. The minimum absolute atomic E-state index is 0.175. The Balaban J connectivity index is 1.68. The Morgan fingerprint density at radius 1 is 1.85 bits per heavy atom. The van der Waals surface area contributed by atoms with Crippen LogP contribution in [0.3, 0.4) is 0 Å². The van der Waals surface area contributed by atoms with Crippen molar-refractivity contribution in [3.8, 4) is 0 Å². The van der Waals surface area contributed by atoms with Gasteiger partial charge in [0.25, 0.3) is 0 Å². The minimum atomic E-state index is 0.175. The van der Waals surface area contributed by atoms with Gasteiger partial charge in [-0.3, -0.25) is 0 Å². The van der Waals surface area contributed by atoms with Gasteiger partial charge in [0, 0.05) is 6.42 Å². The van der Waals surface area contributed by atoms with Gasteiger partial charge in [-0.15, -0.1) is 0 Å². The molecule has 1 fully saturated rings. The van der Waals surface area contributed by atoms with Crippen molar-refractivity contribution < 1.29 is 9.47 Å². The molecule has 1 aliphatic rings. The molecule has 2 unspecified atom stereocenters. The van der Waals surface area contributed by atoms with Crippen LogP contribution in [-0.2, 0) is 15.9 Å². The number of rotatable bonds is 5. The normalized spacial score (nSPS) is 23.0. The van der Waals surface area contributed by atoms with E-state index in [2.05, 4.69) is 15.4 Å². The van der Waals surface area contributed by atoms with E-state index in [9.17, 15) is 0 Å². The SMILES string of the molecule is CC(Cc1cn[nH]n1)OCC1CO1. The van der Waals surface area contributed by atoms with Gasteiger partial charge in [-0.1, -0.05) is 0 Å². The minimum Gasteiger partial charge on any atom is -0.375 e. The Hall–Kier alpha value is -0.940. The molecule has 13 heavy (non-hydrogen) atoms. The second-order valence-corrected chi connectivity index (χ2v) is 3.26. The third kappa shape index (κ3) is 2.78. The fraction of sp³-hybridized carbons (Fsp3) is 0.750. The lowest BCUT2D eigenvalue weighted by molar-refractivity contribution is 0.0542. The molecule has 1 aromatic heterocycles. The molecule has 0 radical (unpaired) electrons. The zero-order valence-corrected chi connectivity index (χ0v) is 7.56. The lowest BCUT2D eigenvalue weighted by Gasteiger charge is -2.09. The maximum Gasteiger partial charge on any atom is 0.104 e. The highest BCUT2D eigenvalue weighted by Gasteiger charge is 2.23. The summed E-state index contributed by atoms with van der Waals surface area (Å²) >= 11 is 0. The van der Waals surface area contributed by atoms with Crippen molar-refractivity contribution in [2.75, 3.05) is 13.2 Å². The third-order valence-electron chi connectivity index (χ3n) is 1.93. The van der Waals surface area contributed by atoms with Crippen LogP contribution in [0.4, 0.5) is 0 Å². The fourth-order valence-electron chi connectivity index (χ4n) is 1.11. The van der Waals surface area contributed by atoms with Crippen molar-refractivity contribution >= 4 is 0 Å². The van der Waals surface area contributed by atoms with Crippen molar-refractivity contribution in [2.24, 2.45) is 0 Å². The number of H-pyrrole nitrogens is 1. The van der Waals surface area contributed by atoms with Crippen molar-refractivity contribution in [1.82, 2.24) is 15.4 Å². The molecule has 5 heteroatoms. The second-order valence-electron chi connectivity index (χ2n) is 3.26. The molecule has 1 aromatic rings. The lowest BCUT2D eigenvalue weighted by atomic mass is 10.2. The van der Waals surface area contributed by atoms with Crippen LogP contribution in [0.1, 0.15) is 12.6 Å². The van der Waals surface area contributed by atoms with E-state index >= 15 is 0 Å². The molecular weight excluding hydrogens is 170 g/mol. The van der Waals surface area contributed by atoms with Gasteiger partial charge in [0.15, 0.2) is 0 Å². The number of hydrogen-bond donors (Lipinski definition) is 1. The number of aromatic amines is 1. The Bertz CT molecular complexity index is 246. The number of epoxide rings is 1. The van der Waals surface area contributed by atoms with Crippen molar-refractivity contribution in [2.45, 2.75) is 25.6 Å². The number of ether oxygens (including phenoxy) is 2. The number of hydrogen-bond acceptors (Lipinski definition) is 4. The molecule has 0 saturated carbocycles. The summed E-state index contributed by atoms with van der Waals surface area (Å²) in [4.78, 5) is 0. The molecule has 0 bridgehead atoms. The molecule has 5 nitrogen and oxygen atoms in total. The van der Waals surface area contributed by atoms with E-state index in [0.29, 0.717) is 12.7 Å². The molecule has 2 atom stereocenters. The fourth-order valence-corrected chi connectivity index (χ4v) is 1.11. The standard InChI is InChI=1S/C8H13N3O2/c1-6(12-4-8-5-13-8)2-7-3-9-11-10-7/h3,6,8H,2,4-5H2,1H3,(H,9,10,11). The van der Waals surface area contributed by atoms with E-state index in [1.807, 2.05) is 6.92 Å². The Kier molecular flexibility index (Phi) is 2.56. The first kappa shape index (κ1) is 8.65. The van der Waals surface area contributed by atoms with Gasteiger partial charge < -0.3 is 9.47 Å². The van der Waals surface area contributed by atoms with E-state index in [0.717, 1.165) is 18.7 Å². The zero-order chi connectivity index (χ0) is 9.10. The maximum absolute atomic E-state index is 5.53. The van der Waals surface area contributed by atoms with Crippen LogP contribution < -0.4 is 0 Å². The van der Waals surface area contributed by atoms with Crippen LogP contribution in [0.2, 0.25) is 0 Å². The molecule has 2 rings (SSSR count). The van der Waals surface area contributed by atoms with E-state index < -0.39 is 0 Å². The van der Waals surface area contributed by atoms with Crippen LogP contribution in [0, 0.1) is 0 Å². The van der Waals surface area contributed by atoms with Crippen LogP contribution in [0.15, 0.2) is 6.20 Å². The van der Waals surface area contributed by atoms with Crippen molar-refractivity contribution in [3.05, 3.63) is 11.9 Å². The molecule has 0 aliphatic carbocycles. The van der Waals surface area contributed by atoms with Gasteiger partial charge in [0.2, 0.25) is 0 Å². The first-order chi connectivity index (χ1) is 6.34. The summed E-state index contributed by atoms with van der Waals surface area (Å²) in [5.74, 6) is 0. The molecule has 0 amide bonds. The molecule has 0 spiro atoms.